The summed E-state index contributed by atoms with van der Waals surface area (Å²) in [5.74, 6) is 2.75. The molecule has 98 valence electrons. The molecule has 2 aliphatic carbocycles. The number of ether oxygens (including phenoxy) is 1. The second kappa shape index (κ2) is 3.48. The van der Waals surface area contributed by atoms with Gasteiger partial charge in [-0.25, -0.2) is 0 Å². The van der Waals surface area contributed by atoms with E-state index in [1.54, 1.807) is 0 Å². The average molecular weight is 238 g/mol. The topological polar surface area (TPSA) is 29.5 Å². The molecule has 2 heteroatoms. The van der Waals surface area contributed by atoms with Crippen molar-refractivity contribution in [1.29, 1.82) is 0 Å². The highest BCUT2D eigenvalue weighted by atomic mass is 16.5. The number of aliphatic hydroxyl groups excluding tert-OH is 1. The van der Waals surface area contributed by atoms with Crippen molar-refractivity contribution in [1.82, 2.24) is 0 Å². The van der Waals surface area contributed by atoms with Crippen LogP contribution in [0.25, 0.3) is 0 Å². The maximum atomic E-state index is 10.7. The predicted molar refractivity (Wildman–Crippen MR) is 67.7 cm³/mol. The van der Waals surface area contributed by atoms with E-state index in [2.05, 4.69) is 27.7 Å². The fraction of sp³-hybridized carbons (Fsp3) is 1.00. The lowest BCUT2D eigenvalue weighted by atomic mass is 9.77. The van der Waals surface area contributed by atoms with Crippen molar-refractivity contribution >= 4 is 0 Å². The molecule has 0 spiro atoms. The highest BCUT2D eigenvalue weighted by Gasteiger charge is 2.54. The minimum Gasteiger partial charge on any atom is -0.392 e. The van der Waals surface area contributed by atoms with Gasteiger partial charge in [0.25, 0.3) is 0 Å². The number of hydrogen-bond donors (Lipinski definition) is 1. The van der Waals surface area contributed by atoms with E-state index in [0.29, 0.717) is 11.8 Å². The van der Waals surface area contributed by atoms with Crippen LogP contribution in [0.5, 0.6) is 0 Å². The molecule has 4 unspecified atom stereocenters. The Morgan fingerprint density at radius 3 is 2.12 bits per heavy atom. The molecule has 1 saturated heterocycles. The smallest absolute Gasteiger partial charge is 0.0687 e. The predicted octanol–water partition coefficient (Wildman–Crippen LogP) is 2.99. The van der Waals surface area contributed by atoms with Gasteiger partial charge in [-0.3, -0.25) is 0 Å². The van der Waals surface area contributed by atoms with Gasteiger partial charge in [-0.15, -0.1) is 0 Å². The first-order valence-corrected chi connectivity index (χ1v) is 7.17. The molecule has 1 N–H and O–H groups in total. The Morgan fingerprint density at radius 1 is 1.06 bits per heavy atom. The summed E-state index contributed by atoms with van der Waals surface area (Å²) in [6.07, 6.45) is 4.80. The summed E-state index contributed by atoms with van der Waals surface area (Å²) in [4.78, 5) is 0. The molecule has 0 aromatic heterocycles. The van der Waals surface area contributed by atoms with Crippen molar-refractivity contribution < 1.29 is 9.84 Å². The third-order valence-electron chi connectivity index (χ3n) is 5.32. The Labute approximate surface area is 105 Å². The van der Waals surface area contributed by atoms with Crippen molar-refractivity contribution in [3.63, 3.8) is 0 Å². The quantitative estimate of drug-likeness (QED) is 0.801. The van der Waals surface area contributed by atoms with Crippen LogP contribution in [0.3, 0.4) is 0 Å². The summed E-state index contributed by atoms with van der Waals surface area (Å²) in [5, 5.41) is 10.7. The van der Waals surface area contributed by atoms with Crippen molar-refractivity contribution in [3.05, 3.63) is 0 Å². The fourth-order valence-electron chi connectivity index (χ4n) is 4.51. The lowest BCUT2D eigenvalue weighted by Crippen LogP contribution is -2.39. The second-order valence-corrected chi connectivity index (χ2v) is 7.75. The van der Waals surface area contributed by atoms with E-state index in [1.165, 1.54) is 19.3 Å². The van der Waals surface area contributed by atoms with E-state index in [9.17, 15) is 5.11 Å². The summed E-state index contributed by atoms with van der Waals surface area (Å²) in [6.45, 7) is 8.58. The average Bonchev–Trinajstić information content (AvgIpc) is 2.70. The van der Waals surface area contributed by atoms with E-state index in [1.807, 2.05) is 0 Å². The zero-order valence-corrected chi connectivity index (χ0v) is 11.6. The first-order chi connectivity index (χ1) is 7.78. The van der Waals surface area contributed by atoms with Crippen LogP contribution < -0.4 is 0 Å². The van der Waals surface area contributed by atoms with Crippen LogP contribution in [-0.4, -0.2) is 22.4 Å². The summed E-state index contributed by atoms with van der Waals surface area (Å²) in [5.41, 5.74) is -0.244. The number of fused-ring (bicyclic) bond motifs is 1. The van der Waals surface area contributed by atoms with Gasteiger partial charge < -0.3 is 9.84 Å². The number of aliphatic hydroxyl groups is 1. The Kier molecular flexibility index (Phi) is 2.45. The molecule has 1 aliphatic heterocycles. The van der Waals surface area contributed by atoms with Gasteiger partial charge in [-0.05, 0) is 71.1 Å². The van der Waals surface area contributed by atoms with Gasteiger partial charge in [-0.2, -0.15) is 0 Å². The lowest BCUT2D eigenvalue weighted by Gasteiger charge is -2.33. The van der Waals surface area contributed by atoms with E-state index in [-0.39, 0.29) is 17.3 Å². The van der Waals surface area contributed by atoms with Gasteiger partial charge in [0.05, 0.1) is 17.3 Å². The van der Waals surface area contributed by atoms with Gasteiger partial charge in [0.15, 0.2) is 0 Å². The summed E-state index contributed by atoms with van der Waals surface area (Å²) >= 11 is 0. The van der Waals surface area contributed by atoms with E-state index in [0.717, 1.165) is 18.3 Å². The molecule has 0 amide bonds. The summed E-state index contributed by atoms with van der Waals surface area (Å²) in [6, 6.07) is 0. The number of hydrogen-bond acceptors (Lipinski definition) is 2. The van der Waals surface area contributed by atoms with Crippen LogP contribution in [0, 0.1) is 23.7 Å². The van der Waals surface area contributed by atoms with E-state index < -0.39 is 0 Å². The molecule has 3 aliphatic rings. The number of rotatable bonds is 2. The molecule has 3 rings (SSSR count). The van der Waals surface area contributed by atoms with Crippen LogP contribution >= 0.6 is 0 Å². The van der Waals surface area contributed by atoms with Crippen molar-refractivity contribution in [2.45, 2.75) is 70.7 Å². The Bertz CT molecular complexity index is 311. The van der Waals surface area contributed by atoms with Gasteiger partial charge >= 0.3 is 0 Å². The zero-order valence-electron chi connectivity index (χ0n) is 11.6. The Morgan fingerprint density at radius 2 is 1.65 bits per heavy atom. The van der Waals surface area contributed by atoms with Gasteiger partial charge in [0.1, 0.15) is 0 Å². The molecule has 0 bridgehead atoms. The molecule has 2 saturated carbocycles. The van der Waals surface area contributed by atoms with Crippen LogP contribution in [-0.2, 0) is 4.74 Å². The molecule has 1 heterocycles. The zero-order chi connectivity index (χ0) is 12.4. The van der Waals surface area contributed by atoms with E-state index in [4.69, 9.17) is 4.74 Å². The third-order valence-corrected chi connectivity index (χ3v) is 5.32. The maximum absolute atomic E-state index is 10.7. The second-order valence-electron chi connectivity index (χ2n) is 7.75. The molecule has 3 fully saturated rings. The van der Waals surface area contributed by atoms with Crippen molar-refractivity contribution in [2.75, 3.05) is 0 Å². The van der Waals surface area contributed by atoms with Crippen molar-refractivity contribution in [3.8, 4) is 0 Å². The largest absolute Gasteiger partial charge is 0.392 e. The molecule has 0 aromatic carbocycles. The molecule has 0 aromatic rings. The summed E-state index contributed by atoms with van der Waals surface area (Å²) in [7, 11) is 0. The molecule has 4 atom stereocenters. The van der Waals surface area contributed by atoms with Crippen LogP contribution in [0.15, 0.2) is 0 Å². The first-order valence-electron chi connectivity index (χ1n) is 7.17. The Balaban J connectivity index is 1.70. The van der Waals surface area contributed by atoms with Crippen molar-refractivity contribution in [2.24, 2.45) is 23.7 Å². The van der Waals surface area contributed by atoms with Crippen LogP contribution in [0.2, 0.25) is 0 Å². The SMILES string of the molecule is CC1(C)CC(C(O)C2CC3CC3C2)C(C)(C)O1. The molecular weight excluding hydrogens is 212 g/mol. The van der Waals surface area contributed by atoms with Gasteiger partial charge in [-0.1, -0.05) is 0 Å². The fourth-order valence-corrected chi connectivity index (χ4v) is 4.51. The molecule has 0 radical (unpaired) electrons. The highest BCUT2D eigenvalue weighted by Crippen LogP contribution is 2.57. The first kappa shape index (κ1) is 12.0. The molecule has 2 nitrogen and oxygen atoms in total. The lowest BCUT2D eigenvalue weighted by molar-refractivity contribution is -0.0939. The highest BCUT2D eigenvalue weighted by molar-refractivity contribution is 5.03. The van der Waals surface area contributed by atoms with Crippen LogP contribution in [0.1, 0.15) is 53.4 Å². The molecular formula is C15H26O2. The van der Waals surface area contributed by atoms with Crippen LogP contribution in [0.4, 0.5) is 0 Å². The van der Waals surface area contributed by atoms with Gasteiger partial charge in [0.2, 0.25) is 0 Å². The Hall–Kier alpha value is -0.0800. The minimum absolute atomic E-state index is 0.0727. The normalized spacial score (nSPS) is 47.8. The molecule has 17 heavy (non-hydrogen) atoms. The summed E-state index contributed by atoms with van der Waals surface area (Å²) < 4.78 is 6.11. The van der Waals surface area contributed by atoms with Gasteiger partial charge in [0, 0.05) is 5.92 Å². The van der Waals surface area contributed by atoms with E-state index >= 15 is 0 Å². The standard InChI is InChI=1S/C15H26O2/c1-14(2)8-12(15(3,4)17-14)13(16)11-6-9-5-10(9)7-11/h9-13,16H,5-8H2,1-4H3. The maximum Gasteiger partial charge on any atom is 0.0687 e. The third kappa shape index (κ3) is 2.04. The monoisotopic (exact) mass is 238 g/mol. The minimum atomic E-state index is -0.171.